The number of hydrogen-bond acceptors (Lipinski definition) is 3. The van der Waals surface area contributed by atoms with E-state index in [1.807, 2.05) is 12.3 Å². The van der Waals surface area contributed by atoms with Gasteiger partial charge in [-0.15, -0.1) is 0 Å². The van der Waals surface area contributed by atoms with Crippen LogP contribution in [0, 0.1) is 11.3 Å². The SMILES string of the molecule is CCNC1C(CN(C)Cc2ccccn2)CCC1(C)C. The first kappa shape index (κ1) is 15.5. The molecule has 1 heterocycles. The van der Waals surface area contributed by atoms with Crippen LogP contribution in [-0.2, 0) is 6.54 Å². The van der Waals surface area contributed by atoms with E-state index in [9.17, 15) is 0 Å². The van der Waals surface area contributed by atoms with Crippen LogP contribution in [0.15, 0.2) is 24.4 Å². The van der Waals surface area contributed by atoms with E-state index in [0.717, 1.165) is 31.2 Å². The van der Waals surface area contributed by atoms with Gasteiger partial charge in [-0.3, -0.25) is 4.98 Å². The topological polar surface area (TPSA) is 28.2 Å². The maximum absolute atomic E-state index is 4.42. The Kier molecular flexibility index (Phi) is 5.17. The molecular weight excluding hydrogens is 246 g/mol. The molecule has 3 nitrogen and oxygen atoms in total. The van der Waals surface area contributed by atoms with E-state index < -0.39 is 0 Å². The summed E-state index contributed by atoms with van der Waals surface area (Å²) < 4.78 is 0. The van der Waals surface area contributed by atoms with E-state index >= 15 is 0 Å². The largest absolute Gasteiger partial charge is 0.313 e. The normalized spacial score (nSPS) is 25.2. The molecule has 1 fully saturated rings. The van der Waals surface area contributed by atoms with Crippen molar-refractivity contribution in [1.29, 1.82) is 0 Å². The zero-order valence-corrected chi connectivity index (χ0v) is 13.4. The first-order valence-electron chi connectivity index (χ1n) is 7.85. The highest BCUT2D eigenvalue weighted by Crippen LogP contribution is 2.41. The molecule has 0 spiro atoms. The molecule has 0 saturated heterocycles. The first-order valence-corrected chi connectivity index (χ1v) is 7.85. The summed E-state index contributed by atoms with van der Waals surface area (Å²) in [6, 6.07) is 6.79. The molecule has 1 aliphatic rings. The summed E-state index contributed by atoms with van der Waals surface area (Å²) >= 11 is 0. The molecule has 0 radical (unpaired) electrons. The summed E-state index contributed by atoms with van der Waals surface area (Å²) in [5.41, 5.74) is 1.58. The predicted molar refractivity (Wildman–Crippen MR) is 84.5 cm³/mol. The third kappa shape index (κ3) is 3.80. The van der Waals surface area contributed by atoms with Gasteiger partial charge in [-0.25, -0.2) is 0 Å². The van der Waals surface area contributed by atoms with Gasteiger partial charge in [0.05, 0.1) is 5.69 Å². The Morgan fingerprint density at radius 2 is 2.20 bits per heavy atom. The van der Waals surface area contributed by atoms with Crippen LogP contribution in [-0.4, -0.2) is 36.1 Å². The van der Waals surface area contributed by atoms with Crippen molar-refractivity contribution in [3.05, 3.63) is 30.1 Å². The molecule has 1 aromatic rings. The van der Waals surface area contributed by atoms with Crippen LogP contribution in [0.1, 0.15) is 39.3 Å². The van der Waals surface area contributed by atoms with Gasteiger partial charge in [0.2, 0.25) is 0 Å². The van der Waals surface area contributed by atoms with Gasteiger partial charge in [0.15, 0.2) is 0 Å². The van der Waals surface area contributed by atoms with Crippen molar-refractivity contribution in [2.45, 2.75) is 46.2 Å². The van der Waals surface area contributed by atoms with E-state index in [4.69, 9.17) is 0 Å². The second-order valence-corrected chi connectivity index (χ2v) is 6.84. The number of hydrogen-bond donors (Lipinski definition) is 1. The Morgan fingerprint density at radius 1 is 1.40 bits per heavy atom. The summed E-state index contributed by atoms with van der Waals surface area (Å²) in [4.78, 5) is 6.84. The van der Waals surface area contributed by atoms with E-state index in [1.54, 1.807) is 0 Å². The molecule has 2 atom stereocenters. The number of nitrogens with zero attached hydrogens (tertiary/aromatic N) is 2. The van der Waals surface area contributed by atoms with Crippen molar-refractivity contribution >= 4 is 0 Å². The Labute approximate surface area is 123 Å². The highest BCUT2D eigenvalue weighted by Gasteiger charge is 2.41. The molecule has 112 valence electrons. The molecule has 1 N–H and O–H groups in total. The minimum absolute atomic E-state index is 0.423. The average molecular weight is 275 g/mol. The Morgan fingerprint density at radius 3 is 2.85 bits per heavy atom. The number of rotatable bonds is 6. The molecule has 0 amide bonds. The van der Waals surface area contributed by atoms with Gasteiger partial charge in [-0.05, 0) is 49.9 Å². The maximum Gasteiger partial charge on any atom is 0.0543 e. The van der Waals surface area contributed by atoms with Gasteiger partial charge in [-0.1, -0.05) is 26.8 Å². The van der Waals surface area contributed by atoms with E-state index in [2.05, 4.69) is 55.2 Å². The lowest BCUT2D eigenvalue weighted by Gasteiger charge is -2.33. The summed E-state index contributed by atoms with van der Waals surface area (Å²) in [5, 5.41) is 3.71. The monoisotopic (exact) mass is 275 g/mol. The fourth-order valence-corrected chi connectivity index (χ4v) is 3.61. The van der Waals surface area contributed by atoms with Crippen LogP contribution >= 0.6 is 0 Å². The first-order chi connectivity index (χ1) is 9.53. The molecule has 1 aliphatic carbocycles. The molecule has 3 heteroatoms. The Bertz CT molecular complexity index is 402. The average Bonchev–Trinajstić information content (AvgIpc) is 2.68. The number of aromatic nitrogens is 1. The second-order valence-electron chi connectivity index (χ2n) is 6.84. The van der Waals surface area contributed by atoms with Crippen molar-refractivity contribution in [3.63, 3.8) is 0 Å². The molecule has 2 unspecified atom stereocenters. The molecule has 20 heavy (non-hydrogen) atoms. The second kappa shape index (κ2) is 6.68. The third-order valence-electron chi connectivity index (χ3n) is 4.60. The lowest BCUT2D eigenvalue weighted by atomic mass is 9.84. The lowest BCUT2D eigenvalue weighted by molar-refractivity contribution is 0.201. The van der Waals surface area contributed by atoms with Crippen LogP contribution in [0.25, 0.3) is 0 Å². The molecule has 0 aromatic carbocycles. The molecule has 1 aromatic heterocycles. The fraction of sp³-hybridized carbons (Fsp3) is 0.706. The number of pyridine rings is 1. The molecule has 2 rings (SSSR count). The summed E-state index contributed by atoms with van der Waals surface area (Å²) in [7, 11) is 2.21. The molecule has 1 saturated carbocycles. The Hall–Kier alpha value is -0.930. The predicted octanol–water partition coefficient (Wildman–Crippen LogP) is 2.93. The van der Waals surface area contributed by atoms with Crippen molar-refractivity contribution in [2.75, 3.05) is 20.1 Å². The van der Waals surface area contributed by atoms with Gasteiger partial charge < -0.3 is 10.2 Å². The number of nitrogens with one attached hydrogen (secondary N) is 1. The van der Waals surface area contributed by atoms with E-state index in [1.165, 1.54) is 12.8 Å². The quantitative estimate of drug-likeness (QED) is 0.865. The fourth-order valence-electron chi connectivity index (χ4n) is 3.61. The highest BCUT2D eigenvalue weighted by atomic mass is 15.1. The molecule has 0 aliphatic heterocycles. The highest BCUT2D eigenvalue weighted by molar-refractivity contribution is 5.03. The van der Waals surface area contributed by atoms with Crippen LogP contribution < -0.4 is 5.32 Å². The van der Waals surface area contributed by atoms with Crippen molar-refractivity contribution in [3.8, 4) is 0 Å². The van der Waals surface area contributed by atoms with Gasteiger partial charge in [-0.2, -0.15) is 0 Å². The zero-order chi connectivity index (χ0) is 14.6. The molecule has 0 bridgehead atoms. The molecular formula is C17H29N3. The van der Waals surface area contributed by atoms with Crippen molar-refractivity contribution < 1.29 is 0 Å². The minimum Gasteiger partial charge on any atom is -0.313 e. The smallest absolute Gasteiger partial charge is 0.0543 e. The maximum atomic E-state index is 4.42. The third-order valence-corrected chi connectivity index (χ3v) is 4.60. The summed E-state index contributed by atoms with van der Waals surface area (Å²) in [6.07, 6.45) is 4.54. The van der Waals surface area contributed by atoms with Gasteiger partial charge in [0.25, 0.3) is 0 Å². The van der Waals surface area contributed by atoms with Crippen LogP contribution in [0.4, 0.5) is 0 Å². The van der Waals surface area contributed by atoms with Gasteiger partial charge in [0, 0.05) is 25.3 Å². The zero-order valence-electron chi connectivity index (χ0n) is 13.4. The van der Waals surface area contributed by atoms with E-state index in [0.29, 0.717) is 11.5 Å². The van der Waals surface area contributed by atoms with Gasteiger partial charge >= 0.3 is 0 Å². The van der Waals surface area contributed by atoms with Crippen molar-refractivity contribution in [2.24, 2.45) is 11.3 Å². The minimum atomic E-state index is 0.423. The van der Waals surface area contributed by atoms with Gasteiger partial charge in [0.1, 0.15) is 0 Å². The standard InChI is InChI=1S/C17H29N3/c1-5-18-16-14(9-10-17(16,2)3)12-20(4)13-15-8-6-7-11-19-15/h6-8,11,14,16,18H,5,9-10,12-13H2,1-4H3. The van der Waals surface area contributed by atoms with Crippen molar-refractivity contribution in [1.82, 2.24) is 15.2 Å². The summed E-state index contributed by atoms with van der Waals surface area (Å²) in [6.45, 7) is 10.2. The lowest BCUT2D eigenvalue weighted by Crippen LogP contribution is -2.45. The van der Waals surface area contributed by atoms with Crippen LogP contribution in [0.5, 0.6) is 0 Å². The van der Waals surface area contributed by atoms with Crippen LogP contribution in [0.2, 0.25) is 0 Å². The summed E-state index contributed by atoms with van der Waals surface area (Å²) in [5.74, 6) is 0.749. The Balaban J connectivity index is 1.92. The van der Waals surface area contributed by atoms with E-state index in [-0.39, 0.29) is 0 Å². The van der Waals surface area contributed by atoms with Crippen LogP contribution in [0.3, 0.4) is 0 Å².